The van der Waals surface area contributed by atoms with Crippen LogP contribution in [0.25, 0.3) is 6.08 Å². The molecule has 4 fully saturated rings. The molecule has 456 valence electrons. The van der Waals surface area contributed by atoms with Gasteiger partial charge in [-0.05, 0) is 148 Å². The number of likely N-dealkylation sites (tertiary alicyclic amines) is 3. The van der Waals surface area contributed by atoms with Crippen LogP contribution in [0.5, 0.6) is 0 Å². The van der Waals surface area contributed by atoms with E-state index in [9.17, 15) is 26.4 Å². The fourth-order valence-corrected chi connectivity index (χ4v) is 16.6. The number of rotatable bonds is 21. The van der Waals surface area contributed by atoms with Crippen molar-refractivity contribution in [3.8, 4) is 0 Å². The lowest BCUT2D eigenvalue weighted by Crippen LogP contribution is -2.50. The first-order valence-electron chi connectivity index (χ1n) is 30.5. The normalized spacial score (nSPS) is 23.4. The summed E-state index contributed by atoms with van der Waals surface area (Å²) in [5.41, 5.74) is 4.85. The van der Waals surface area contributed by atoms with E-state index in [0.717, 1.165) is 88.1 Å². The summed E-state index contributed by atoms with van der Waals surface area (Å²) in [7, 11) is -4.33. The third-order valence-corrected chi connectivity index (χ3v) is 22.6. The molecule has 15 nitrogen and oxygen atoms in total. The van der Waals surface area contributed by atoms with Crippen LogP contribution in [0.2, 0.25) is 0 Å². The van der Waals surface area contributed by atoms with Gasteiger partial charge in [0.05, 0.1) is 23.0 Å². The molecule has 2 amide bonds. The maximum atomic E-state index is 14.7. The second-order valence-corrected chi connectivity index (χ2v) is 30.3. The van der Waals surface area contributed by atoms with E-state index in [0.29, 0.717) is 45.1 Å². The van der Waals surface area contributed by atoms with Crippen LogP contribution in [0.15, 0.2) is 149 Å². The largest absolute Gasteiger partial charge is 0.444 e. The maximum Gasteiger partial charge on any atom is 0.410 e. The molecule has 4 saturated heterocycles. The second-order valence-electron chi connectivity index (χ2n) is 26.2. The molecule has 2 unspecified atom stereocenters. The van der Waals surface area contributed by atoms with Gasteiger partial charge >= 0.3 is 12.2 Å². The third-order valence-electron chi connectivity index (χ3n) is 19.0. The summed E-state index contributed by atoms with van der Waals surface area (Å²) in [5, 5.41) is 2.78. The standard InChI is InChI=1S/C68H88N6O9S2/c1-65(2,3)83-64(76)74-38-30-54-46-72(37-31-62(54)74)39-35-67(5,50-71(7)85(79,80)60-27-25-51(26-28-60)45-69-63(75)82-58-32-42-81-48-58)56-21-16-17-52(43-56)44-57-47-73(41-36-68(57)33-29-53-18-14-15-24-61(53)68)40-34-66(4,55-19-10-8-11-20-55)49-70(6)84(77,78)59-22-12-9-13-23-59/h8-29,33,43,54,57-58,62H,30-32,34-42,44-50H2,1-7H3,(H,69,75)/t54-,57?,58+,62+,66-,67-,68?/m1/s1. The minimum atomic E-state index is -3.97. The molecule has 7 atom stereocenters. The van der Waals surface area contributed by atoms with Gasteiger partial charge in [-0.25, -0.2) is 35.0 Å². The van der Waals surface area contributed by atoms with Crippen LogP contribution in [0.4, 0.5) is 9.59 Å². The SMILES string of the molecule is CN(C[C@@](C)(CCN1CCC2(C=Cc3ccccc32)C(Cc2cccc([C@](C)(CCN3CC[C@H]4[C@H](CCN4C(=O)OC(C)(C)C)C3)CN(C)S(=O)(=O)c3ccc(CNC(=O)O[C@H]4CCOC4)cc3)c2)C1)c1ccccc1)S(=O)(=O)c1ccccc1. The predicted molar refractivity (Wildman–Crippen MR) is 333 cm³/mol. The zero-order valence-electron chi connectivity index (χ0n) is 50.8. The Morgan fingerprint density at radius 1 is 0.682 bits per heavy atom. The maximum absolute atomic E-state index is 14.7. The molecule has 17 heteroatoms. The van der Waals surface area contributed by atoms with Crippen molar-refractivity contribution in [1.82, 2.24) is 28.6 Å². The predicted octanol–water partition coefficient (Wildman–Crippen LogP) is 10.5. The van der Waals surface area contributed by atoms with Crippen LogP contribution in [-0.2, 0) is 63.5 Å². The Kier molecular flexibility index (Phi) is 18.9. The van der Waals surface area contributed by atoms with Crippen molar-refractivity contribution < 1.29 is 40.6 Å². The average Bonchev–Trinajstić information content (AvgIpc) is 2.09. The summed E-state index contributed by atoms with van der Waals surface area (Å²) >= 11 is 0. The van der Waals surface area contributed by atoms with E-state index in [2.05, 4.69) is 102 Å². The Morgan fingerprint density at radius 2 is 1.31 bits per heavy atom. The number of fused-ring (bicyclic) bond motifs is 3. The Labute approximate surface area is 505 Å². The van der Waals surface area contributed by atoms with E-state index in [-0.39, 0.29) is 52.5 Å². The van der Waals surface area contributed by atoms with Crippen molar-refractivity contribution in [3.63, 3.8) is 0 Å². The molecule has 5 aromatic rings. The van der Waals surface area contributed by atoms with Gasteiger partial charge in [0, 0.05) is 88.6 Å². The van der Waals surface area contributed by atoms with Crippen LogP contribution in [-0.4, -0.2) is 156 Å². The van der Waals surface area contributed by atoms with E-state index >= 15 is 0 Å². The molecule has 4 aliphatic heterocycles. The Morgan fingerprint density at radius 3 is 1.98 bits per heavy atom. The minimum absolute atomic E-state index is 0.132. The number of carbonyl (C=O) groups excluding carboxylic acids is 2. The number of alkyl carbamates (subject to hydrolysis) is 1. The summed E-state index contributed by atoms with van der Waals surface area (Å²) in [4.78, 5) is 33.3. The van der Waals surface area contributed by atoms with E-state index in [1.807, 2.05) is 49.9 Å². The number of nitrogens with one attached hydrogen (secondary N) is 1. The third kappa shape index (κ3) is 14.3. The van der Waals surface area contributed by atoms with Gasteiger partial charge in [0.15, 0.2) is 0 Å². The van der Waals surface area contributed by atoms with Gasteiger partial charge in [-0.15, -0.1) is 0 Å². The number of carbonyl (C=O) groups is 2. The van der Waals surface area contributed by atoms with Crippen LogP contribution in [0.1, 0.15) is 107 Å². The fraction of sp³-hybridized carbons (Fsp3) is 0.500. The quantitative estimate of drug-likeness (QED) is 0.0745. The number of hydrogen-bond donors (Lipinski definition) is 1. The van der Waals surface area contributed by atoms with Gasteiger partial charge < -0.3 is 34.2 Å². The monoisotopic (exact) mass is 1200 g/mol. The number of benzene rings is 5. The highest BCUT2D eigenvalue weighted by atomic mass is 32.2. The van der Waals surface area contributed by atoms with Crippen LogP contribution in [0, 0.1) is 11.8 Å². The smallest absolute Gasteiger partial charge is 0.410 e. The van der Waals surface area contributed by atoms with Gasteiger partial charge in [-0.2, -0.15) is 0 Å². The first kappa shape index (κ1) is 62.1. The van der Waals surface area contributed by atoms with Crippen LogP contribution < -0.4 is 5.32 Å². The average molecular weight is 1200 g/mol. The van der Waals surface area contributed by atoms with Crippen molar-refractivity contribution >= 4 is 38.3 Å². The summed E-state index contributed by atoms with van der Waals surface area (Å²) < 4.78 is 77.0. The van der Waals surface area contributed by atoms with Gasteiger partial charge in [0.1, 0.15) is 11.7 Å². The van der Waals surface area contributed by atoms with Crippen molar-refractivity contribution in [1.29, 1.82) is 0 Å². The van der Waals surface area contributed by atoms with Gasteiger partial charge in [-0.1, -0.05) is 135 Å². The van der Waals surface area contributed by atoms with Gasteiger partial charge in [0.25, 0.3) is 0 Å². The zero-order valence-corrected chi connectivity index (χ0v) is 52.5. The van der Waals surface area contributed by atoms with Crippen LogP contribution in [0.3, 0.4) is 0 Å². The molecule has 4 heterocycles. The molecule has 1 spiro atoms. The van der Waals surface area contributed by atoms with E-state index in [1.54, 1.807) is 62.6 Å². The number of piperidine rings is 2. The Hall–Kier alpha value is -5.92. The Balaban J connectivity index is 0.896. The minimum Gasteiger partial charge on any atom is -0.444 e. The number of allylic oxidation sites excluding steroid dienone is 1. The highest BCUT2D eigenvalue weighted by Crippen LogP contribution is 2.49. The number of likely N-dealkylation sites (N-methyl/N-ethyl adjacent to an activating group) is 2. The lowest BCUT2D eigenvalue weighted by atomic mass is 9.65. The lowest BCUT2D eigenvalue weighted by molar-refractivity contribution is 0.0139. The van der Waals surface area contributed by atoms with E-state index < -0.39 is 42.6 Å². The zero-order chi connectivity index (χ0) is 60.2. The van der Waals surface area contributed by atoms with E-state index in [4.69, 9.17) is 14.2 Å². The molecule has 85 heavy (non-hydrogen) atoms. The first-order valence-corrected chi connectivity index (χ1v) is 33.4. The molecule has 5 aliphatic rings. The summed E-state index contributed by atoms with van der Waals surface area (Å²) in [6.45, 7) is 17.4. The van der Waals surface area contributed by atoms with Crippen molar-refractivity contribution in [2.75, 3.05) is 86.2 Å². The molecule has 0 bridgehead atoms. The number of nitrogens with zero attached hydrogens (tertiary/aromatic N) is 5. The number of sulfonamides is 2. The summed E-state index contributed by atoms with van der Waals surface area (Å²) in [5.74, 6) is 0.513. The molecule has 0 aromatic heterocycles. The first-order chi connectivity index (χ1) is 40.5. The number of amides is 2. The molecule has 10 rings (SSSR count). The molecule has 1 aliphatic carbocycles. The van der Waals surface area contributed by atoms with E-state index in [1.165, 1.54) is 25.3 Å². The molecule has 5 aromatic carbocycles. The molecule has 0 radical (unpaired) electrons. The van der Waals surface area contributed by atoms with Crippen LogP contribution >= 0.6 is 0 Å². The summed E-state index contributed by atoms with van der Waals surface area (Å²) in [6, 6.07) is 43.5. The number of hydrogen-bond acceptors (Lipinski definition) is 11. The lowest BCUT2D eigenvalue weighted by Gasteiger charge is -2.47. The number of ether oxygens (including phenoxy) is 3. The molecule has 0 saturated carbocycles. The fourth-order valence-electron chi connectivity index (χ4n) is 14.0. The Bertz CT molecular complexity index is 3380. The van der Waals surface area contributed by atoms with Gasteiger partial charge in [0.2, 0.25) is 20.0 Å². The van der Waals surface area contributed by atoms with Crippen molar-refractivity contribution in [2.45, 2.75) is 130 Å². The van der Waals surface area contributed by atoms with Crippen molar-refractivity contribution in [2.24, 2.45) is 11.8 Å². The second kappa shape index (κ2) is 25.8. The molecular formula is C68H88N6O9S2. The van der Waals surface area contributed by atoms with Crippen molar-refractivity contribution in [3.05, 3.63) is 173 Å². The topological polar surface area (TPSA) is 158 Å². The molecule has 1 N–H and O–H groups in total. The highest BCUT2D eigenvalue weighted by Gasteiger charge is 2.47. The van der Waals surface area contributed by atoms with Gasteiger partial charge in [-0.3, -0.25) is 0 Å². The summed E-state index contributed by atoms with van der Waals surface area (Å²) in [6.07, 6.45) is 9.29. The molecular weight excluding hydrogens is 1110 g/mol. The highest BCUT2D eigenvalue weighted by molar-refractivity contribution is 7.89.